The van der Waals surface area contributed by atoms with Gasteiger partial charge < -0.3 is 48.4 Å². The van der Waals surface area contributed by atoms with Crippen LogP contribution < -0.4 is 10.5 Å². The summed E-state index contributed by atoms with van der Waals surface area (Å²) in [4.78, 5) is 0. The van der Waals surface area contributed by atoms with Gasteiger partial charge in [-0.1, -0.05) is 12.1 Å². The maximum Gasteiger partial charge on any atom is 0.142 e. The highest BCUT2D eigenvalue weighted by molar-refractivity contribution is 5.51. The topological polar surface area (TPSA) is 109 Å². The number of hydrogen-bond acceptors (Lipinski definition) is 10. The lowest BCUT2D eigenvalue weighted by Gasteiger charge is -2.10. The number of benzene rings is 1. The number of rotatable bonds is 26. The Hall–Kier alpha value is -1.50. The largest absolute Gasteiger partial charge is 0.489 e. The molecule has 0 spiro atoms. The van der Waals surface area contributed by atoms with Crippen molar-refractivity contribution in [2.45, 2.75) is 20.0 Å². The minimum absolute atomic E-state index is 0.235. The van der Waals surface area contributed by atoms with Crippen molar-refractivity contribution < 1.29 is 42.6 Å². The molecule has 0 amide bonds. The van der Waals surface area contributed by atoms with Gasteiger partial charge in [-0.2, -0.15) is 0 Å². The zero-order chi connectivity index (χ0) is 25.2. The number of nitrogens with two attached hydrogens (primary N) is 1. The van der Waals surface area contributed by atoms with Crippen LogP contribution in [0.2, 0.25) is 0 Å². The first-order chi connectivity index (χ1) is 17.2. The second-order valence-electron chi connectivity index (χ2n) is 7.59. The molecule has 10 nitrogen and oxygen atoms in total. The Bertz CT molecular complexity index is 578. The second kappa shape index (κ2) is 24.2. The third-order valence-electron chi connectivity index (χ3n) is 4.32. The van der Waals surface area contributed by atoms with Crippen LogP contribution in [-0.4, -0.2) is 112 Å². The normalized spacial score (nSPS) is 11.4. The Balaban J connectivity index is 1.67. The van der Waals surface area contributed by atoms with Crippen molar-refractivity contribution in [1.29, 1.82) is 0 Å². The molecule has 35 heavy (non-hydrogen) atoms. The van der Waals surface area contributed by atoms with Crippen molar-refractivity contribution in [1.82, 2.24) is 0 Å². The van der Waals surface area contributed by atoms with Gasteiger partial charge in [0.15, 0.2) is 0 Å². The smallest absolute Gasteiger partial charge is 0.142 e. The highest BCUT2D eigenvalue weighted by atomic mass is 16.6. The van der Waals surface area contributed by atoms with Crippen LogP contribution in [0.15, 0.2) is 24.3 Å². The van der Waals surface area contributed by atoms with Crippen molar-refractivity contribution in [2.75, 3.05) is 111 Å². The van der Waals surface area contributed by atoms with E-state index in [4.69, 9.17) is 48.4 Å². The van der Waals surface area contributed by atoms with E-state index in [9.17, 15) is 0 Å². The van der Waals surface area contributed by atoms with E-state index in [1.54, 1.807) is 6.07 Å². The predicted molar refractivity (Wildman–Crippen MR) is 133 cm³/mol. The highest BCUT2D eigenvalue weighted by Gasteiger charge is 1.98. The zero-order valence-electron chi connectivity index (χ0n) is 21.5. The van der Waals surface area contributed by atoms with Gasteiger partial charge in [0.2, 0.25) is 0 Å². The number of hydrogen-bond donors (Lipinski definition) is 1. The molecule has 0 bridgehead atoms. The first-order valence-corrected chi connectivity index (χ1v) is 12.3. The van der Waals surface area contributed by atoms with E-state index >= 15 is 0 Å². The van der Waals surface area contributed by atoms with Crippen molar-refractivity contribution in [3.63, 3.8) is 0 Å². The summed E-state index contributed by atoms with van der Waals surface area (Å²) in [6.07, 6.45) is 0.235. The molecule has 0 saturated heterocycles. The first kappa shape index (κ1) is 31.5. The number of para-hydroxylation sites is 2. The van der Waals surface area contributed by atoms with Crippen LogP contribution in [0.3, 0.4) is 0 Å². The number of anilines is 1. The van der Waals surface area contributed by atoms with Gasteiger partial charge in [-0.05, 0) is 26.0 Å². The molecule has 0 aliphatic carbocycles. The third kappa shape index (κ3) is 21.5. The van der Waals surface area contributed by atoms with E-state index in [0.717, 1.165) is 0 Å². The molecule has 1 aromatic carbocycles. The summed E-state index contributed by atoms with van der Waals surface area (Å²) in [5.41, 5.74) is 6.43. The van der Waals surface area contributed by atoms with Gasteiger partial charge >= 0.3 is 0 Å². The average Bonchev–Trinajstić information content (AvgIpc) is 2.85. The molecule has 10 heteroatoms. The lowest BCUT2D eigenvalue weighted by atomic mass is 10.3. The monoisotopic (exact) mass is 503 g/mol. The number of ether oxygens (including phenoxy) is 9. The Labute approximate surface area is 210 Å². The fourth-order valence-corrected chi connectivity index (χ4v) is 2.59. The summed E-state index contributed by atoms with van der Waals surface area (Å²) in [6, 6.07) is 7.39. The van der Waals surface area contributed by atoms with E-state index in [1.807, 2.05) is 32.0 Å². The van der Waals surface area contributed by atoms with Gasteiger partial charge in [-0.3, -0.25) is 0 Å². The fraction of sp³-hybridized carbons (Fsp3) is 0.760. The van der Waals surface area contributed by atoms with E-state index in [2.05, 4.69) is 0 Å². The van der Waals surface area contributed by atoms with Gasteiger partial charge in [0.05, 0.1) is 111 Å². The quantitative estimate of drug-likeness (QED) is 0.149. The molecule has 0 atom stereocenters. The maximum absolute atomic E-state index is 5.80. The Morgan fingerprint density at radius 1 is 0.514 bits per heavy atom. The molecule has 0 fully saturated rings. The molecule has 0 heterocycles. The Morgan fingerprint density at radius 2 is 0.857 bits per heavy atom. The van der Waals surface area contributed by atoms with Gasteiger partial charge in [-0.15, -0.1) is 0 Å². The molecule has 0 unspecified atom stereocenters. The summed E-state index contributed by atoms with van der Waals surface area (Å²) in [7, 11) is 0. The summed E-state index contributed by atoms with van der Waals surface area (Å²) < 4.78 is 49.0. The van der Waals surface area contributed by atoms with Gasteiger partial charge in [0.25, 0.3) is 0 Å². The molecular formula is C25H45NO9. The standard InChI is InChI=1S/C25H45NO9/c1-23(2)34-21-19-32-17-15-30-13-11-28-9-7-27-8-10-29-12-14-31-16-18-33-20-22-35-25-6-4-3-5-24(25)26/h3-6,23H,7-22,26H2,1-2H3. The van der Waals surface area contributed by atoms with Crippen LogP contribution in [0, 0.1) is 0 Å². The summed E-state index contributed by atoms with van der Waals surface area (Å²) >= 11 is 0. The SMILES string of the molecule is CC(C)OCCOCCOCCOCCOCCOCCOCCOCCOc1ccccc1N. The van der Waals surface area contributed by atoms with E-state index in [-0.39, 0.29) is 6.10 Å². The van der Waals surface area contributed by atoms with Crippen LogP contribution in [0.25, 0.3) is 0 Å². The number of nitrogen functional groups attached to an aromatic ring is 1. The fourth-order valence-electron chi connectivity index (χ4n) is 2.59. The molecule has 0 saturated carbocycles. The summed E-state index contributed by atoms with van der Waals surface area (Å²) in [5.74, 6) is 0.673. The van der Waals surface area contributed by atoms with Gasteiger partial charge in [0, 0.05) is 0 Å². The molecule has 204 valence electrons. The molecule has 0 radical (unpaired) electrons. The van der Waals surface area contributed by atoms with Crippen LogP contribution in [0.5, 0.6) is 5.75 Å². The van der Waals surface area contributed by atoms with E-state index in [1.165, 1.54) is 0 Å². The van der Waals surface area contributed by atoms with Gasteiger partial charge in [0.1, 0.15) is 12.4 Å². The third-order valence-corrected chi connectivity index (χ3v) is 4.32. The molecular weight excluding hydrogens is 458 g/mol. The molecule has 0 aromatic heterocycles. The first-order valence-electron chi connectivity index (χ1n) is 12.3. The van der Waals surface area contributed by atoms with Crippen molar-refractivity contribution >= 4 is 5.69 Å². The molecule has 0 aliphatic heterocycles. The Morgan fingerprint density at radius 3 is 1.23 bits per heavy atom. The Kier molecular flexibility index (Phi) is 21.8. The van der Waals surface area contributed by atoms with Crippen LogP contribution >= 0.6 is 0 Å². The second-order valence-corrected chi connectivity index (χ2v) is 7.59. The summed E-state index contributed by atoms with van der Waals surface area (Å²) in [6.45, 7) is 12.4. The molecule has 0 aliphatic rings. The lowest BCUT2D eigenvalue weighted by Crippen LogP contribution is -2.15. The molecule has 2 N–H and O–H groups in total. The minimum atomic E-state index is 0.235. The summed E-state index contributed by atoms with van der Waals surface area (Å²) in [5, 5.41) is 0. The maximum atomic E-state index is 5.80. The van der Waals surface area contributed by atoms with Crippen molar-refractivity contribution in [3.05, 3.63) is 24.3 Å². The van der Waals surface area contributed by atoms with Crippen molar-refractivity contribution in [3.8, 4) is 5.75 Å². The van der Waals surface area contributed by atoms with E-state index < -0.39 is 0 Å². The van der Waals surface area contributed by atoms with Crippen LogP contribution in [0.4, 0.5) is 5.69 Å². The predicted octanol–water partition coefficient (Wildman–Crippen LogP) is 2.19. The van der Waals surface area contributed by atoms with E-state index in [0.29, 0.717) is 117 Å². The highest BCUT2D eigenvalue weighted by Crippen LogP contribution is 2.19. The lowest BCUT2D eigenvalue weighted by molar-refractivity contribution is -0.0259. The van der Waals surface area contributed by atoms with Gasteiger partial charge in [-0.25, -0.2) is 0 Å². The van der Waals surface area contributed by atoms with Crippen LogP contribution in [0.1, 0.15) is 13.8 Å². The van der Waals surface area contributed by atoms with Crippen molar-refractivity contribution in [2.24, 2.45) is 0 Å². The minimum Gasteiger partial charge on any atom is -0.489 e. The zero-order valence-corrected chi connectivity index (χ0v) is 21.5. The molecule has 1 aromatic rings. The van der Waals surface area contributed by atoms with Crippen LogP contribution in [-0.2, 0) is 37.9 Å². The average molecular weight is 504 g/mol. The molecule has 1 rings (SSSR count).